The van der Waals surface area contributed by atoms with Crippen molar-refractivity contribution in [2.45, 2.75) is 19.3 Å². The van der Waals surface area contributed by atoms with E-state index in [0.29, 0.717) is 0 Å². The van der Waals surface area contributed by atoms with Crippen molar-refractivity contribution < 1.29 is 13.0 Å². The number of hydrogen-bond donors (Lipinski definition) is 0. The van der Waals surface area contributed by atoms with Gasteiger partial charge in [0.15, 0.2) is 0 Å². The van der Waals surface area contributed by atoms with Crippen molar-refractivity contribution in [1.29, 1.82) is 0 Å². The molecule has 0 saturated heterocycles. The molecule has 0 aromatic rings. The van der Waals surface area contributed by atoms with Crippen molar-refractivity contribution in [3.8, 4) is 0 Å². The molecule has 8 heavy (non-hydrogen) atoms. The molecule has 0 N–H and O–H groups in total. The van der Waals surface area contributed by atoms with Crippen LogP contribution in [0, 0.1) is 0 Å². The summed E-state index contributed by atoms with van der Waals surface area (Å²) in [5.41, 5.74) is 0. The van der Waals surface area contributed by atoms with Gasteiger partial charge in [-0.3, -0.25) is 0 Å². The minimum absolute atomic E-state index is 0.0104. The lowest BCUT2D eigenvalue weighted by atomic mass is 10.3. The highest BCUT2D eigenvalue weighted by atomic mass is 32.1. The molecular formula is C4H7F2OS+. The van der Waals surface area contributed by atoms with E-state index in [-0.39, 0.29) is 23.8 Å². The Morgan fingerprint density at radius 2 is 2.12 bits per heavy atom. The summed E-state index contributed by atoms with van der Waals surface area (Å²) in [6.07, 6.45) is -0.318. The second-order valence-corrected chi connectivity index (χ2v) is 2.29. The van der Waals surface area contributed by atoms with Gasteiger partial charge in [0.2, 0.25) is 5.75 Å². The Bertz CT molecular complexity index is 78.6. The highest BCUT2D eigenvalue weighted by molar-refractivity contribution is 7.65. The minimum atomic E-state index is -2.67. The lowest BCUT2D eigenvalue weighted by molar-refractivity contribution is 0.0193. The second kappa shape index (κ2) is 3.02. The average Bonchev–Trinajstić information content (AvgIpc) is 1.59. The molecule has 0 radical (unpaired) electrons. The molecule has 0 unspecified atom stereocenters. The van der Waals surface area contributed by atoms with Crippen LogP contribution in [-0.2, 0) is 15.9 Å². The van der Waals surface area contributed by atoms with Crippen molar-refractivity contribution >= 4 is 11.7 Å². The molecule has 0 fully saturated rings. The van der Waals surface area contributed by atoms with Gasteiger partial charge in [-0.05, 0) is 6.92 Å². The summed E-state index contributed by atoms with van der Waals surface area (Å²) in [5.74, 6) is -2.68. The SMILES string of the molecule is CC(F)(F)CC[S+]=O. The molecular weight excluding hydrogens is 134 g/mol. The molecule has 0 aliphatic heterocycles. The van der Waals surface area contributed by atoms with Crippen molar-refractivity contribution in [2.75, 3.05) is 5.75 Å². The van der Waals surface area contributed by atoms with Gasteiger partial charge < -0.3 is 0 Å². The third-order valence-electron chi connectivity index (χ3n) is 0.624. The third-order valence-corrected chi connectivity index (χ3v) is 0.995. The Morgan fingerprint density at radius 3 is 2.25 bits per heavy atom. The summed E-state index contributed by atoms with van der Waals surface area (Å²) in [6, 6.07) is 0. The number of hydrogen-bond acceptors (Lipinski definition) is 1. The maximum absolute atomic E-state index is 11.8. The van der Waals surface area contributed by atoms with Crippen LogP contribution in [0.25, 0.3) is 0 Å². The Morgan fingerprint density at radius 1 is 1.62 bits per heavy atom. The Labute approximate surface area is 50.6 Å². The summed E-state index contributed by atoms with van der Waals surface area (Å²) in [6.45, 7) is 0.809. The second-order valence-electron chi connectivity index (χ2n) is 1.64. The fourth-order valence-corrected chi connectivity index (χ4v) is 0.663. The molecule has 0 aliphatic rings. The molecule has 0 heterocycles. The van der Waals surface area contributed by atoms with Gasteiger partial charge in [0, 0.05) is 4.21 Å². The van der Waals surface area contributed by atoms with Crippen molar-refractivity contribution in [2.24, 2.45) is 0 Å². The van der Waals surface area contributed by atoms with E-state index >= 15 is 0 Å². The van der Waals surface area contributed by atoms with Gasteiger partial charge in [-0.25, -0.2) is 8.78 Å². The van der Waals surface area contributed by atoms with Gasteiger partial charge >= 0.3 is 11.7 Å². The molecule has 0 atom stereocenters. The zero-order chi connectivity index (χ0) is 6.62. The molecule has 0 aromatic carbocycles. The largest absolute Gasteiger partial charge is 0.458 e. The van der Waals surface area contributed by atoms with E-state index < -0.39 is 5.92 Å². The molecule has 0 aromatic heterocycles. The van der Waals surface area contributed by atoms with Crippen LogP contribution in [0.1, 0.15) is 13.3 Å². The maximum atomic E-state index is 11.8. The van der Waals surface area contributed by atoms with Gasteiger partial charge in [0.1, 0.15) is 0 Å². The molecule has 48 valence electrons. The van der Waals surface area contributed by atoms with E-state index in [1.807, 2.05) is 0 Å². The van der Waals surface area contributed by atoms with Crippen LogP contribution in [0.4, 0.5) is 8.78 Å². The molecule has 0 saturated carbocycles. The van der Waals surface area contributed by atoms with E-state index in [4.69, 9.17) is 0 Å². The van der Waals surface area contributed by atoms with Crippen molar-refractivity contribution in [1.82, 2.24) is 0 Å². The molecule has 0 aliphatic carbocycles. The molecule has 0 rings (SSSR count). The topological polar surface area (TPSA) is 17.1 Å². The lowest BCUT2D eigenvalue weighted by Gasteiger charge is -2.01. The van der Waals surface area contributed by atoms with Crippen LogP contribution in [0.5, 0.6) is 0 Å². The van der Waals surface area contributed by atoms with E-state index in [1.165, 1.54) is 0 Å². The number of alkyl halides is 2. The third kappa shape index (κ3) is 5.88. The van der Waals surface area contributed by atoms with Crippen molar-refractivity contribution in [3.63, 3.8) is 0 Å². The Kier molecular flexibility index (Phi) is 2.97. The maximum Gasteiger partial charge on any atom is 0.458 e. The van der Waals surface area contributed by atoms with Crippen LogP contribution < -0.4 is 0 Å². The molecule has 0 bridgehead atoms. The fraction of sp³-hybridized carbons (Fsp3) is 1.00. The molecule has 0 spiro atoms. The van der Waals surface area contributed by atoms with E-state index in [0.717, 1.165) is 6.92 Å². The van der Waals surface area contributed by atoms with E-state index in [2.05, 4.69) is 0 Å². The first-order chi connectivity index (χ1) is 3.56. The molecule has 1 nitrogen and oxygen atoms in total. The predicted octanol–water partition coefficient (Wildman–Crippen LogP) is 1.46. The Balaban J connectivity index is 3.24. The van der Waals surface area contributed by atoms with Gasteiger partial charge in [0.25, 0.3) is 5.92 Å². The summed E-state index contributed by atoms with van der Waals surface area (Å²) >= 11 is 0.198. The quantitative estimate of drug-likeness (QED) is 0.544. The summed E-state index contributed by atoms with van der Waals surface area (Å²) < 4.78 is 33.1. The van der Waals surface area contributed by atoms with Crippen molar-refractivity contribution in [3.05, 3.63) is 0 Å². The lowest BCUT2D eigenvalue weighted by Crippen LogP contribution is -2.10. The van der Waals surface area contributed by atoms with Crippen LogP contribution in [0.15, 0.2) is 0 Å². The smallest absolute Gasteiger partial charge is 0.207 e. The highest BCUT2D eigenvalue weighted by Gasteiger charge is 2.23. The van der Waals surface area contributed by atoms with Gasteiger partial charge in [-0.1, -0.05) is 0 Å². The summed E-state index contributed by atoms with van der Waals surface area (Å²) in [4.78, 5) is 0. The predicted molar refractivity (Wildman–Crippen MR) is 28.2 cm³/mol. The summed E-state index contributed by atoms with van der Waals surface area (Å²) in [5, 5.41) is 0. The highest BCUT2D eigenvalue weighted by Crippen LogP contribution is 2.15. The van der Waals surface area contributed by atoms with Crippen LogP contribution in [-0.4, -0.2) is 11.7 Å². The van der Waals surface area contributed by atoms with Gasteiger partial charge in [-0.15, -0.1) is 0 Å². The summed E-state index contributed by atoms with van der Waals surface area (Å²) in [7, 11) is 0. The average molecular weight is 141 g/mol. The van der Waals surface area contributed by atoms with Crippen LogP contribution in [0.3, 0.4) is 0 Å². The van der Waals surface area contributed by atoms with E-state index in [1.54, 1.807) is 0 Å². The zero-order valence-corrected chi connectivity index (χ0v) is 5.30. The van der Waals surface area contributed by atoms with Crippen LogP contribution in [0.2, 0.25) is 0 Å². The first-order valence-electron chi connectivity index (χ1n) is 2.19. The fourth-order valence-electron chi connectivity index (χ4n) is 0.221. The standard InChI is InChI=1S/C4H7F2OS/c1-4(5,6)2-3-8-7/h2-3H2,1H3/q+1. The van der Waals surface area contributed by atoms with Crippen LogP contribution >= 0.6 is 0 Å². The normalized spacial score (nSPS) is 11.4. The number of rotatable bonds is 3. The minimum Gasteiger partial charge on any atom is -0.207 e. The van der Waals surface area contributed by atoms with E-state index in [9.17, 15) is 13.0 Å². The molecule has 0 amide bonds. The molecule has 4 heteroatoms. The van der Waals surface area contributed by atoms with Gasteiger partial charge in [0.05, 0.1) is 6.42 Å². The van der Waals surface area contributed by atoms with Gasteiger partial charge in [-0.2, -0.15) is 0 Å². The first kappa shape index (κ1) is 7.88. The first-order valence-corrected chi connectivity index (χ1v) is 3.10. The number of halogens is 2. The zero-order valence-electron chi connectivity index (χ0n) is 4.49. The monoisotopic (exact) mass is 141 g/mol. The Hall–Kier alpha value is -0.120.